The Kier molecular flexibility index (Phi) is 5.83. The van der Waals surface area contributed by atoms with Crippen LogP contribution in [0.3, 0.4) is 0 Å². The van der Waals surface area contributed by atoms with Gasteiger partial charge in [-0.25, -0.2) is 9.37 Å². The number of carbonyl (C=O) groups is 1. The summed E-state index contributed by atoms with van der Waals surface area (Å²) in [4.78, 5) is 18.1. The van der Waals surface area contributed by atoms with Crippen LogP contribution < -0.4 is 10.0 Å². The first kappa shape index (κ1) is 21.8. The molecule has 3 heterocycles. The lowest BCUT2D eigenvalue weighted by molar-refractivity contribution is -0.120. The Hall–Kier alpha value is -2.38. The van der Waals surface area contributed by atoms with Gasteiger partial charge in [0.15, 0.2) is 0 Å². The number of nitrogens with zero attached hydrogens (tertiary/aromatic N) is 4. The molecule has 164 valence electrons. The predicted molar refractivity (Wildman–Crippen MR) is 115 cm³/mol. The maximum Gasteiger partial charge on any atom is 0.280 e. The van der Waals surface area contributed by atoms with Gasteiger partial charge in [0.05, 0.1) is 22.1 Å². The van der Waals surface area contributed by atoms with E-state index < -0.39 is 34.0 Å². The third kappa shape index (κ3) is 4.48. The second-order valence-electron chi connectivity index (χ2n) is 7.03. The van der Waals surface area contributed by atoms with Crippen molar-refractivity contribution in [1.82, 2.24) is 23.8 Å². The van der Waals surface area contributed by atoms with Crippen molar-refractivity contribution in [3.8, 4) is 10.4 Å². The van der Waals surface area contributed by atoms with E-state index in [1.165, 1.54) is 30.5 Å². The smallest absolute Gasteiger partial charge is 0.280 e. The number of anilines is 1. The fourth-order valence-electron chi connectivity index (χ4n) is 3.20. The average Bonchev–Trinajstić information content (AvgIpc) is 3.35. The highest BCUT2D eigenvalue weighted by Gasteiger charge is 2.41. The molecule has 1 saturated heterocycles. The second-order valence-corrected chi connectivity index (χ2v) is 10.3. The van der Waals surface area contributed by atoms with E-state index >= 15 is 0 Å². The van der Waals surface area contributed by atoms with Crippen molar-refractivity contribution in [2.24, 2.45) is 7.05 Å². The number of rotatable bonds is 4. The Morgan fingerprint density at radius 1 is 1.35 bits per heavy atom. The number of aromatic nitrogens is 3. The molecule has 4 rings (SSSR count). The van der Waals surface area contributed by atoms with Gasteiger partial charge in [-0.1, -0.05) is 11.6 Å². The van der Waals surface area contributed by atoms with Gasteiger partial charge in [0.2, 0.25) is 5.91 Å². The van der Waals surface area contributed by atoms with E-state index in [1.54, 1.807) is 24.1 Å². The van der Waals surface area contributed by atoms with Crippen molar-refractivity contribution in [3.05, 3.63) is 52.6 Å². The first-order valence-electron chi connectivity index (χ1n) is 9.10. The molecule has 3 aromatic rings. The van der Waals surface area contributed by atoms with Crippen LogP contribution in [-0.4, -0.2) is 46.5 Å². The summed E-state index contributed by atoms with van der Waals surface area (Å²) in [5.74, 6) is -1.17. The summed E-state index contributed by atoms with van der Waals surface area (Å²) >= 11 is 7.09. The van der Waals surface area contributed by atoms with Gasteiger partial charge in [0, 0.05) is 37.7 Å². The molecular formula is C18H18ClFN6O3S2. The summed E-state index contributed by atoms with van der Waals surface area (Å²) in [5, 5.41) is 7.12. The van der Waals surface area contributed by atoms with Crippen molar-refractivity contribution >= 4 is 44.7 Å². The number of halogens is 2. The van der Waals surface area contributed by atoms with Gasteiger partial charge in [0.1, 0.15) is 16.9 Å². The normalized spacial score (nSPS) is 21.2. The summed E-state index contributed by atoms with van der Waals surface area (Å²) in [6.07, 6.45) is 5.34. The van der Waals surface area contributed by atoms with Gasteiger partial charge in [-0.05, 0) is 24.6 Å². The van der Waals surface area contributed by atoms with E-state index in [9.17, 15) is 17.6 Å². The first-order chi connectivity index (χ1) is 14.6. The average molecular weight is 485 g/mol. The zero-order valence-corrected chi connectivity index (χ0v) is 18.8. The molecule has 13 heteroatoms. The van der Waals surface area contributed by atoms with Gasteiger partial charge < -0.3 is 5.32 Å². The van der Waals surface area contributed by atoms with E-state index in [1.807, 2.05) is 6.20 Å². The van der Waals surface area contributed by atoms with Crippen LogP contribution in [0.2, 0.25) is 5.02 Å². The van der Waals surface area contributed by atoms with Crippen LogP contribution in [0.1, 0.15) is 17.5 Å². The highest BCUT2D eigenvalue weighted by Crippen LogP contribution is 2.34. The number of aryl methyl sites for hydroxylation is 1. The number of benzene rings is 1. The molecule has 1 aliphatic heterocycles. The van der Waals surface area contributed by atoms with Gasteiger partial charge in [-0.15, -0.1) is 11.3 Å². The molecule has 1 amide bonds. The number of nitrogens with one attached hydrogen (secondary N) is 2. The summed E-state index contributed by atoms with van der Waals surface area (Å²) < 4.78 is 43.8. The third-order valence-corrected chi connectivity index (χ3v) is 7.91. The van der Waals surface area contributed by atoms with Crippen LogP contribution in [0.5, 0.6) is 0 Å². The predicted octanol–water partition coefficient (Wildman–Crippen LogP) is 2.55. The van der Waals surface area contributed by atoms with Crippen LogP contribution in [-0.2, 0) is 22.1 Å². The number of hydrogen-bond acceptors (Lipinski definition) is 6. The van der Waals surface area contributed by atoms with Crippen molar-refractivity contribution in [3.63, 3.8) is 0 Å². The molecule has 9 nitrogen and oxygen atoms in total. The molecule has 0 saturated carbocycles. The molecule has 0 bridgehead atoms. The van der Waals surface area contributed by atoms with E-state index in [4.69, 9.17) is 11.6 Å². The number of hydrogen-bond donors (Lipinski definition) is 2. The zero-order chi connectivity index (χ0) is 22.3. The number of likely N-dealkylation sites (N-methyl/N-ethyl adjacent to an activating group) is 1. The number of thiazole rings is 1. The Morgan fingerprint density at radius 2 is 2.13 bits per heavy atom. The summed E-state index contributed by atoms with van der Waals surface area (Å²) in [6.45, 7) is 0. The minimum absolute atomic E-state index is 0.146. The third-order valence-electron chi connectivity index (χ3n) is 4.87. The lowest BCUT2D eigenvalue weighted by atomic mass is 10.1. The summed E-state index contributed by atoms with van der Waals surface area (Å²) in [6, 6.07) is 2.07. The molecule has 2 atom stereocenters. The summed E-state index contributed by atoms with van der Waals surface area (Å²) in [7, 11) is -0.802. The van der Waals surface area contributed by atoms with Crippen LogP contribution in [0.4, 0.5) is 10.1 Å². The molecule has 0 unspecified atom stereocenters. The van der Waals surface area contributed by atoms with Gasteiger partial charge in [0.25, 0.3) is 10.2 Å². The molecule has 2 N–H and O–H groups in total. The lowest BCUT2D eigenvalue weighted by Crippen LogP contribution is -2.55. The van der Waals surface area contributed by atoms with Crippen LogP contribution in [0.15, 0.2) is 36.8 Å². The Morgan fingerprint density at radius 3 is 2.81 bits per heavy atom. The summed E-state index contributed by atoms with van der Waals surface area (Å²) in [5.41, 5.74) is 1.13. The zero-order valence-electron chi connectivity index (χ0n) is 16.4. The Balaban J connectivity index is 1.57. The van der Waals surface area contributed by atoms with Crippen LogP contribution in [0.25, 0.3) is 10.4 Å². The molecule has 0 radical (unpaired) electrons. The van der Waals surface area contributed by atoms with Crippen molar-refractivity contribution in [2.75, 3.05) is 12.4 Å². The van der Waals surface area contributed by atoms with Crippen LogP contribution >= 0.6 is 22.9 Å². The molecule has 31 heavy (non-hydrogen) atoms. The fourth-order valence-corrected chi connectivity index (χ4v) is 5.67. The van der Waals surface area contributed by atoms with E-state index in [0.717, 1.165) is 20.8 Å². The molecule has 2 aromatic heterocycles. The molecule has 1 aromatic carbocycles. The van der Waals surface area contributed by atoms with E-state index in [0.29, 0.717) is 5.01 Å². The van der Waals surface area contributed by atoms with E-state index in [2.05, 4.69) is 20.1 Å². The van der Waals surface area contributed by atoms with Crippen LogP contribution in [0, 0.1) is 5.82 Å². The topological polar surface area (TPSA) is 109 Å². The van der Waals surface area contributed by atoms with E-state index in [-0.39, 0.29) is 17.1 Å². The Bertz CT molecular complexity index is 1240. The quantitative estimate of drug-likeness (QED) is 0.591. The number of carbonyl (C=O) groups excluding carboxylic acids is 1. The molecule has 1 aliphatic rings. The molecule has 0 aliphatic carbocycles. The molecule has 1 fully saturated rings. The monoisotopic (exact) mass is 484 g/mol. The maximum atomic E-state index is 13.4. The molecule has 0 spiro atoms. The highest BCUT2D eigenvalue weighted by molar-refractivity contribution is 7.87. The fraction of sp³-hybridized carbons (Fsp3) is 0.278. The van der Waals surface area contributed by atoms with Crippen molar-refractivity contribution in [1.29, 1.82) is 0 Å². The second kappa shape index (κ2) is 8.28. The molecular weight excluding hydrogens is 467 g/mol. The van der Waals surface area contributed by atoms with Gasteiger partial charge >= 0.3 is 0 Å². The SMILES string of the molecule is CN1[C@@H](C(=O)Nc2ccc(F)c(Cl)c2)C[C@@H](c2ncc(-c3cnn(C)c3)s2)NS1(=O)=O. The van der Waals surface area contributed by atoms with Gasteiger partial charge in [-0.3, -0.25) is 9.48 Å². The first-order valence-corrected chi connectivity index (χ1v) is 11.7. The highest BCUT2D eigenvalue weighted by atomic mass is 35.5. The largest absolute Gasteiger partial charge is 0.325 e. The maximum absolute atomic E-state index is 13.4. The van der Waals surface area contributed by atoms with Gasteiger partial charge in [-0.2, -0.15) is 22.5 Å². The van der Waals surface area contributed by atoms with Crippen molar-refractivity contribution in [2.45, 2.75) is 18.5 Å². The van der Waals surface area contributed by atoms with Crippen molar-refractivity contribution < 1.29 is 17.6 Å². The Labute approximate surface area is 187 Å². The minimum atomic E-state index is -3.92. The standard InChI is InChI=1S/C18H18ClFN6O3S2/c1-25-9-10(7-22-25)16-8-21-18(30-16)14-6-15(26(2)31(28,29)24-14)17(27)23-11-3-4-13(20)12(19)5-11/h3-5,7-9,14-15,24H,6H2,1-2H3,(H,23,27)/t14-,15+/m0/s1. The lowest BCUT2D eigenvalue weighted by Gasteiger charge is -2.35. The number of amides is 1. The minimum Gasteiger partial charge on any atom is -0.325 e.